The summed E-state index contributed by atoms with van der Waals surface area (Å²) in [4.78, 5) is 7.17. The van der Waals surface area contributed by atoms with Crippen LogP contribution in [0.4, 0.5) is 0 Å². The molecule has 4 nitrogen and oxygen atoms in total. The van der Waals surface area contributed by atoms with Gasteiger partial charge in [0, 0.05) is 30.7 Å². The fourth-order valence-electron chi connectivity index (χ4n) is 2.46. The van der Waals surface area contributed by atoms with Gasteiger partial charge < -0.3 is 10.6 Å². The Morgan fingerprint density at radius 3 is 2.48 bits per heavy atom. The molecule has 0 aliphatic heterocycles. The summed E-state index contributed by atoms with van der Waals surface area (Å²) in [5, 5.41) is 7.48. The highest BCUT2D eigenvalue weighted by Gasteiger charge is 2.27. The zero-order valence-electron chi connectivity index (χ0n) is 14.0. The third kappa shape index (κ3) is 7.72. The number of likely N-dealkylation sites (N-methyl/N-ethyl adjacent to an activating group) is 1. The molecule has 1 aromatic rings. The largest absolute Gasteiger partial charge is 0.357 e. The second-order valence-corrected chi connectivity index (χ2v) is 6.04. The normalized spacial score (nSPS) is 14.5. The van der Waals surface area contributed by atoms with Gasteiger partial charge in [0.2, 0.25) is 0 Å². The number of nitrogens with one attached hydrogen (secondary N) is 2. The van der Waals surface area contributed by atoms with E-state index in [1.807, 2.05) is 24.3 Å². The number of hydrogen-bond acceptors (Lipinski definition) is 2. The molecule has 0 atom stereocenters. The maximum Gasteiger partial charge on any atom is 0.191 e. The lowest BCUT2D eigenvalue weighted by Gasteiger charge is -2.20. The second-order valence-electron chi connectivity index (χ2n) is 5.61. The molecule has 0 unspecified atom stereocenters. The first-order valence-corrected chi connectivity index (χ1v) is 8.61. The van der Waals surface area contributed by atoms with Crippen molar-refractivity contribution < 1.29 is 0 Å². The summed E-state index contributed by atoms with van der Waals surface area (Å²) in [7, 11) is 0. The summed E-state index contributed by atoms with van der Waals surface area (Å²) >= 11 is 5.90. The third-order valence-electron chi connectivity index (χ3n) is 3.84. The van der Waals surface area contributed by atoms with Crippen molar-refractivity contribution in [2.75, 3.05) is 26.2 Å². The van der Waals surface area contributed by atoms with Crippen molar-refractivity contribution in [3.05, 3.63) is 34.9 Å². The van der Waals surface area contributed by atoms with Gasteiger partial charge in [-0.2, -0.15) is 0 Å². The number of guanidine groups is 1. The van der Waals surface area contributed by atoms with Crippen LogP contribution in [0.25, 0.3) is 0 Å². The molecule has 0 radical (unpaired) electrons. The highest BCUT2D eigenvalue weighted by molar-refractivity contribution is 14.0. The molecule has 0 bridgehead atoms. The molecule has 0 heterocycles. The Morgan fingerprint density at radius 2 is 1.91 bits per heavy atom. The van der Waals surface area contributed by atoms with Gasteiger partial charge in [0.1, 0.15) is 0 Å². The van der Waals surface area contributed by atoms with Crippen LogP contribution >= 0.6 is 35.6 Å². The Bertz CT molecular complexity index is 474. The van der Waals surface area contributed by atoms with Gasteiger partial charge in [0.15, 0.2) is 5.96 Å². The SMILES string of the molecule is CCNC(=NCc1ccc(Cl)cc1)NCCN(CC)C1CC1.I. The van der Waals surface area contributed by atoms with Crippen molar-refractivity contribution in [1.82, 2.24) is 15.5 Å². The first-order chi connectivity index (χ1) is 10.7. The van der Waals surface area contributed by atoms with Crippen LogP contribution in [-0.2, 0) is 6.54 Å². The Balaban J connectivity index is 0.00000264. The Kier molecular flexibility index (Phi) is 9.90. The Hall–Kier alpha value is -0.530. The monoisotopic (exact) mass is 450 g/mol. The maximum absolute atomic E-state index is 5.90. The van der Waals surface area contributed by atoms with Gasteiger partial charge in [-0.25, -0.2) is 4.99 Å². The number of hydrogen-bond donors (Lipinski definition) is 2. The first-order valence-electron chi connectivity index (χ1n) is 8.23. The molecule has 6 heteroatoms. The molecule has 1 aromatic carbocycles. The molecule has 0 saturated heterocycles. The fraction of sp³-hybridized carbons (Fsp3) is 0.588. The summed E-state index contributed by atoms with van der Waals surface area (Å²) in [5.74, 6) is 0.879. The average Bonchev–Trinajstić information content (AvgIpc) is 3.35. The lowest BCUT2D eigenvalue weighted by Crippen LogP contribution is -2.42. The quantitative estimate of drug-likeness (QED) is 0.362. The second kappa shape index (κ2) is 11.1. The molecule has 1 saturated carbocycles. The van der Waals surface area contributed by atoms with Crippen molar-refractivity contribution in [3.8, 4) is 0 Å². The van der Waals surface area contributed by atoms with E-state index < -0.39 is 0 Å². The summed E-state index contributed by atoms with van der Waals surface area (Å²) in [6.07, 6.45) is 2.72. The predicted octanol–water partition coefficient (Wildman–Crippen LogP) is 3.50. The average molecular weight is 451 g/mol. The molecule has 23 heavy (non-hydrogen) atoms. The van der Waals surface area contributed by atoms with Gasteiger partial charge in [0.05, 0.1) is 6.54 Å². The van der Waals surface area contributed by atoms with Crippen LogP contribution in [-0.4, -0.2) is 43.1 Å². The molecule has 0 spiro atoms. The van der Waals surface area contributed by atoms with Gasteiger partial charge >= 0.3 is 0 Å². The molecule has 0 aromatic heterocycles. The molecule has 0 amide bonds. The van der Waals surface area contributed by atoms with E-state index >= 15 is 0 Å². The molecule has 1 aliphatic carbocycles. The smallest absolute Gasteiger partial charge is 0.191 e. The van der Waals surface area contributed by atoms with Gasteiger partial charge in [-0.3, -0.25) is 4.90 Å². The molecule has 1 aliphatic rings. The summed E-state index contributed by atoms with van der Waals surface area (Å²) in [5.41, 5.74) is 1.16. The molecular formula is C17H28ClIN4. The summed E-state index contributed by atoms with van der Waals surface area (Å²) in [6, 6.07) is 8.66. The van der Waals surface area contributed by atoms with E-state index in [-0.39, 0.29) is 24.0 Å². The van der Waals surface area contributed by atoms with Gasteiger partial charge in [0.25, 0.3) is 0 Å². The van der Waals surface area contributed by atoms with E-state index in [1.54, 1.807) is 0 Å². The summed E-state index contributed by atoms with van der Waals surface area (Å²) in [6.45, 7) is 8.98. The van der Waals surface area contributed by atoms with Crippen LogP contribution in [0.1, 0.15) is 32.3 Å². The molecular weight excluding hydrogens is 423 g/mol. The lowest BCUT2D eigenvalue weighted by atomic mass is 10.2. The maximum atomic E-state index is 5.90. The first kappa shape index (κ1) is 20.5. The third-order valence-corrected chi connectivity index (χ3v) is 4.09. The van der Waals surface area contributed by atoms with Crippen LogP contribution in [0, 0.1) is 0 Å². The summed E-state index contributed by atoms with van der Waals surface area (Å²) < 4.78 is 0. The van der Waals surface area contributed by atoms with E-state index in [1.165, 1.54) is 12.8 Å². The number of rotatable bonds is 8. The number of aliphatic imine (C=N–C) groups is 1. The van der Waals surface area contributed by atoms with E-state index in [0.29, 0.717) is 6.54 Å². The molecule has 130 valence electrons. The van der Waals surface area contributed by atoms with E-state index in [2.05, 4.69) is 34.4 Å². The Labute approximate surface area is 162 Å². The lowest BCUT2D eigenvalue weighted by molar-refractivity contribution is 0.282. The van der Waals surface area contributed by atoms with E-state index in [9.17, 15) is 0 Å². The van der Waals surface area contributed by atoms with Crippen molar-refractivity contribution in [1.29, 1.82) is 0 Å². The highest BCUT2D eigenvalue weighted by Crippen LogP contribution is 2.25. The van der Waals surface area contributed by atoms with Crippen LogP contribution in [0.2, 0.25) is 5.02 Å². The topological polar surface area (TPSA) is 39.7 Å². The zero-order valence-corrected chi connectivity index (χ0v) is 17.1. The fourth-order valence-corrected chi connectivity index (χ4v) is 2.58. The van der Waals surface area contributed by atoms with E-state index in [0.717, 1.165) is 48.8 Å². The van der Waals surface area contributed by atoms with Crippen molar-refractivity contribution >= 4 is 41.5 Å². The van der Waals surface area contributed by atoms with Crippen LogP contribution in [0.3, 0.4) is 0 Å². The van der Waals surface area contributed by atoms with Gasteiger partial charge in [-0.15, -0.1) is 24.0 Å². The van der Waals surface area contributed by atoms with Crippen molar-refractivity contribution in [2.45, 2.75) is 39.3 Å². The van der Waals surface area contributed by atoms with Gasteiger partial charge in [-0.05, 0) is 44.0 Å². The minimum Gasteiger partial charge on any atom is -0.357 e. The highest BCUT2D eigenvalue weighted by atomic mass is 127. The minimum absolute atomic E-state index is 0. The van der Waals surface area contributed by atoms with Crippen LogP contribution < -0.4 is 10.6 Å². The van der Waals surface area contributed by atoms with Crippen LogP contribution in [0.15, 0.2) is 29.3 Å². The van der Waals surface area contributed by atoms with Gasteiger partial charge in [-0.1, -0.05) is 30.7 Å². The number of benzene rings is 1. The zero-order chi connectivity index (χ0) is 15.8. The standard InChI is InChI=1S/C17H27ClN4.HI/c1-3-19-17(20-11-12-22(4-2)16-9-10-16)21-13-14-5-7-15(18)8-6-14;/h5-8,16H,3-4,9-13H2,1-2H3,(H2,19,20,21);1H. The van der Waals surface area contributed by atoms with Crippen molar-refractivity contribution in [3.63, 3.8) is 0 Å². The van der Waals surface area contributed by atoms with Crippen LogP contribution in [0.5, 0.6) is 0 Å². The van der Waals surface area contributed by atoms with Crippen molar-refractivity contribution in [2.24, 2.45) is 4.99 Å². The van der Waals surface area contributed by atoms with E-state index in [4.69, 9.17) is 11.6 Å². The molecule has 1 fully saturated rings. The predicted molar refractivity (Wildman–Crippen MR) is 110 cm³/mol. The number of nitrogens with zero attached hydrogens (tertiary/aromatic N) is 2. The number of halogens is 2. The Morgan fingerprint density at radius 1 is 1.22 bits per heavy atom. The minimum atomic E-state index is 0. The molecule has 2 rings (SSSR count). The molecule has 2 N–H and O–H groups in total.